The van der Waals surface area contributed by atoms with Crippen LogP contribution in [0, 0.1) is 10.8 Å². The van der Waals surface area contributed by atoms with Crippen LogP contribution in [0.25, 0.3) is 66.1 Å². The third-order valence-electron chi connectivity index (χ3n) is 13.3. The molecule has 0 N–H and O–H groups in total. The van der Waals surface area contributed by atoms with Crippen molar-refractivity contribution in [3.05, 3.63) is 121 Å². The van der Waals surface area contributed by atoms with E-state index in [0.717, 1.165) is 126 Å². The molecule has 0 saturated carbocycles. The lowest BCUT2D eigenvalue weighted by atomic mass is 9.84. The molecule has 3 heterocycles. The smallest absolute Gasteiger partial charge is 0.365 e. The summed E-state index contributed by atoms with van der Waals surface area (Å²) in [4.78, 5) is 0. The summed E-state index contributed by atoms with van der Waals surface area (Å²) in [5.41, 5.74) is 6.61. The summed E-state index contributed by atoms with van der Waals surface area (Å²) in [7, 11) is 3.37. The van der Waals surface area contributed by atoms with Crippen molar-refractivity contribution in [1.29, 1.82) is 0 Å². The van der Waals surface area contributed by atoms with Gasteiger partial charge in [0.05, 0.1) is 86.5 Å². The van der Waals surface area contributed by atoms with Crippen LogP contribution in [0.1, 0.15) is 53.4 Å². The SMILES string of the molecule is CCC1(CC)COc2ccc3c(-c4ccc(OC)cc4)c4ccc(cc4[o+]c3c2)OCC(CC)(CC)COc2ccc3c(-c4ccc(OC)cc4)c4ccc(cc4[o+]c3c2)OC1. The van der Waals surface area contributed by atoms with Crippen LogP contribution < -0.4 is 28.4 Å². The molecule has 0 fully saturated rings. The zero-order valence-electron chi connectivity index (χ0n) is 36.5. The number of rotatable bonds is 8. The van der Waals surface area contributed by atoms with Gasteiger partial charge in [-0.15, -0.1) is 0 Å². The fourth-order valence-electron chi connectivity index (χ4n) is 8.54. The summed E-state index contributed by atoms with van der Waals surface area (Å²) < 4.78 is 51.1. The Balaban J connectivity index is 1.16. The molecule has 0 unspecified atom stereocenters. The van der Waals surface area contributed by atoms with E-state index in [4.69, 9.17) is 37.3 Å². The highest BCUT2D eigenvalue weighted by molar-refractivity contribution is 6.09. The molecule has 0 radical (unpaired) electrons. The van der Waals surface area contributed by atoms with Crippen molar-refractivity contribution in [3.8, 4) is 56.8 Å². The lowest BCUT2D eigenvalue weighted by Gasteiger charge is -2.31. The maximum atomic E-state index is 6.74. The van der Waals surface area contributed by atoms with Crippen LogP contribution in [0.15, 0.2) is 130 Å². The van der Waals surface area contributed by atoms with E-state index < -0.39 is 0 Å². The Morgan fingerprint density at radius 1 is 0.403 bits per heavy atom. The van der Waals surface area contributed by atoms with Gasteiger partial charge in [0.2, 0.25) is 0 Å². The summed E-state index contributed by atoms with van der Waals surface area (Å²) in [5.74, 6) is 4.51. The van der Waals surface area contributed by atoms with E-state index in [1.165, 1.54) is 0 Å². The Bertz CT molecular complexity index is 2540. The first-order chi connectivity index (χ1) is 30.3. The molecule has 1 aliphatic heterocycles. The molecule has 8 nitrogen and oxygen atoms in total. The van der Waals surface area contributed by atoms with E-state index in [9.17, 15) is 0 Å². The Morgan fingerprint density at radius 2 is 0.677 bits per heavy atom. The average molecular weight is 831 g/mol. The lowest BCUT2D eigenvalue weighted by Crippen LogP contribution is -2.34. The van der Waals surface area contributed by atoms with Crippen molar-refractivity contribution in [2.45, 2.75) is 53.4 Å². The third kappa shape index (κ3) is 7.79. The molecule has 9 rings (SSSR count). The third-order valence-corrected chi connectivity index (χ3v) is 13.3. The Kier molecular flexibility index (Phi) is 11.3. The maximum Gasteiger partial charge on any atom is 0.365 e. The minimum atomic E-state index is -0.258. The Labute approximate surface area is 362 Å². The van der Waals surface area contributed by atoms with Crippen LogP contribution in [0.2, 0.25) is 0 Å². The first-order valence-electron chi connectivity index (χ1n) is 21.8. The number of hydrogen-bond donors (Lipinski definition) is 0. The summed E-state index contributed by atoms with van der Waals surface area (Å²) in [5, 5.41) is 3.93. The van der Waals surface area contributed by atoms with Crippen LogP contribution in [-0.4, -0.2) is 40.6 Å². The highest BCUT2D eigenvalue weighted by atomic mass is 16.5. The van der Waals surface area contributed by atoms with E-state index >= 15 is 0 Å². The highest BCUT2D eigenvalue weighted by Crippen LogP contribution is 2.43. The second-order valence-corrected chi connectivity index (χ2v) is 16.6. The van der Waals surface area contributed by atoms with Gasteiger partial charge in [0.25, 0.3) is 0 Å². The zero-order chi connectivity index (χ0) is 42.8. The van der Waals surface area contributed by atoms with Gasteiger partial charge < -0.3 is 28.4 Å². The number of methoxy groups -OCH3 is 2. The molecule has 8 bridgehead atoms. The van der Waals surface area contributed by atoms with Crippen LogP contribution in [-0.2, 0) is 0 Å². The van der Waals surface area contributed by atoms with E-state index in [-0.39, 0.29) is 10.8 Å². The fourth-order valence-corrected chi connectivity index (χ4v) is 8.54. The van der Waals surface area contributed by atoms with Gasteiger partial charge >= 0.3 is 22.3 Å². The number of ether oxygens (including phenoxy) is 6. The minimum absolute atomic E-state index is 0.258. The van der Waals surface area contributed by atoms with Gasteiger partial charge in [-0.1, -0.05) is 52.0 Å². The van der Waals surface area contributed by atoms with Gasteiger partial charge in [0.1, 0.15) is 34.5 Å². The van der Waals surface area contributed by atoms with E-state index in [1.807, 2.05) is 72.8 Å². The van der Waals surface area contributed by atoms with Crippen LogP contribution in [0.4, 0.5) is 0 Å². The van der Waals surface area contributed by atoms with Gasteiger partial charge in [0.15, 0.2) is 0 Å². The number of fused-ring (bicyclic) bond motifs is 4. The van der Waals surface area contributed by atoms with Gasteiger partial charge in [-0.3, -0.25) is 0 Å². The monoisotopic (exact) mass is 830 g/mol. The summed E-state index contributed by atoms with van der Waals surface area (Å²) in [6.45, 7) is 10.6. The summed E-state index contributed by atoms with van der Waals surface area (Å²) in [6.07, 6.45) is 3.45. The molecule has 62 heavy (non-hydrogen) atoms. The van der Waals surface area contributed by atoms with Gasteiger partial charge in [-0.2, -0.15) is 0 Å². The standard InChI is InChI=1S/C54H54O8/c1-7-53(8-2)31-57-39-19-23-43-47(27-39)61-49-29-41(21-25-45(49)51(43)35-11-15-37(55-5)16-12-35)59-33-54(9-3,10-4)34-60-42-22-26-46-50(30-42)62-48-28-40(58-32-53)20-24-44(48)52(46)36-13-17-38(56-6)18-14-36/h11-30H,7-10,31-34H2,1-6H3/q+2. The molecule has 0 atom stereocenters. The van der Waals surface area contributed by atoms with Crippen LogP contribution >= 0.6 is 0 Å². The van der Waals surface area contributed by atoms with Gasteiger partial charge in [-0.05, 0) is 110 Å². The molecule has 0 aliphatic carbocycles. The second-order valence-electron chi connectivity index (χ2n) is 16.6. The summed E-state index contributed by atoms with van der Waals surface area (Å²) >= 11 is 0. The number of benzene rings is 6. The van der Waals surface area contributed by atoms with Crippen LogP contribution in [0.3, 0.4) is 0 Å². The molecule has 2 aromatic heterocycles. The molecular formula is C54H54O8+2. The van der Waals surface area contributed by atoms with Crippen molar-refractivity contribution in [2.75, 3.05) is 40.6 Å². The molecule has 316 valence electrons. The molecular weight excluding hydrogens is 777 g/mol. The highest BCUT2D eigenvalue weighted by Gasteiger charge is 2.32. The molecule has 6 aromatic carbocycles. The maximum absolute atomic E-state index is 6.74. The van der Waals surface area contributed by atoms with Crippen molar-refractivity contribution in [1.82, 2.24) is 0 Å². The summed E-state index contributed by atoms with van der Waals surface area (Å²) in [6, 6.07) is 40.9. The number of hydrogen-bond acceptors (Lipinski definition) is 6. The van der Waals surface area contributed by atoms with Crippen LogP contribution in [0.5, 0.6) is 34.5 Å². The second kappa shape index (κ2) is 17.1. The first-order valence-corrected chi connectivity index (χ1v) is 21.8. The predicted molar refractivity (Wildman–Crippen MR) is 248 cm³/mol. The molecule has 0 amide bonds. The molecule has 0 saturated heterocycles. The minimum Gasteiger partial charge on any atom is -0.497 e. The largest absolute Gasteiger partial charge is 0.497 e. The van der Waals surface area contributed by atoms with E-state index in [0.29, 0.717) is 26.4 Å². The molecule has 0 spiro atoms. The normalized spacial score (nSPS) is 15.1. The van der Waals surface area contributed by atoms with Crippen molar-refractivity contribution < 1.29 is 37.3 Å². The van der Waals surface area contributed by atoms with Crippen molar-refractivity contribution in [2.24, 2.45) is 10.8 Å². The Hall–Kier alpha value is -6.54. The topological polar surface area (TPSA) is 78.0 Å². The Morgan fingerprint density at radius 3 is 0.919 bits per heavy atom. The van der Waals surface area contributed by atoms with Gasteiger partial charge in [0, 0.05) is 22.0 Å². The lowest BCUT2D eigenvalue weighted by molar-refractivity contribution is 0.0705. The fraction of sp³-hybridized carbons (Fsp3) is 0.296. The van der Waals surface area contributed by atoms with Gasteiger partial charge in [-0.25, -0.2) is 8.83 Å². The van der Waals surface area contributed by atoms with E-state index in [1.54, 1.807) is 14.2 Å². The quantitative estimate of drug-likeness (QED) is 0.111. The van der Waals surface area contributed by atoms with Crippen molar-refractivity contribution in [3.63, 3.8) is 0 Å². The molecule has 8 heteroatoms. The first kappa shape index (κ1) is 40.8. The predicted octanol–water partition coefficient (Wildman–Crippen LogP) is 14.2. The average Bonchev–Trinajstić information content (AvgIpc) is 3.32. The molecule has 8 aromatic rings. The van der Waals surface area contributed by atoms with Crippen molar-refractivity contribution >= 4 is 43.9 Å². The molecule has 1 aliphatic rings. The zero-order valence-corrected chi connectivity index (χ0v) is 36.5. The van der Waals surface area contributed by atoms with E-state index in [2.05, 4.69) is 76.2 Å².